The maximum atomic E-state index is 11.8. The van der Waals surface area contributed by atoms with Gasteiger partial charge in [-0.1, -0.05) is 23.7 Å². The van der Waals surface area contributed by atoms with E-state index >= 15 is 0 Å². The van der Waals surface area contributed by atoms with E-state index in [-0.39, 0.29) is 12.0 Å². The highest BCUT2D eigenvalue weighted by Crippen LogP contribution is 2.33. The summed E-state index contributed by atoms with van der Waals surface area (Å²) in [6.07, 6.45) is 0.880. The van der Waals surface area contributed by atoms with E-state index in [1.807, 2.05) is 0 Å². The lowest BCUT2D eigenvalue weighted by Gasteiger charge is -2.02. The minimum Gasteiger partial charge on any atom is -0.502 e. The molecule has 0 saturated carbocycles. The zero-order valence-electron chi connectivity index (χ0n) is 13.0. The largest absolute Gasteiger partial charge is 0.502 e. The summed E-state index contributed by atoms with van der Waals surface area (Å²) in [4.78, 5) is 31.7. The van der Waals surface area contributed by atoms with E-state index in [1.165, 1.54) is 0 Å². The van der Waals surface area contributed by atoms with Crippen molar-refractivity contribution < 1.29 is 19.7 Å². The smallest absolute Gasteiger partial charge is 0.318 e. The number of nitrogens with one attached hydrogen (secondary N) is 1. The predicted molar refractivity (Wildman–Crippen MR) is 92.3 cm³/mol. The lowest BCUT2D eigenvalue weighted by molar-refractivity contribution is -0.394. The van der Waals surface area contributed by atoms with Gasteiger partial charge >= 0.3 is 5.69 Å². The monoisotopic (exact) mass is 378 g/mol. The Hall–Kier alpha value is -3.53. The van der Waals surface area contributed by atoms with Gasteiger partial charge in [-0.3, -0.25) is 25.0 Å². The number of nitro benzene ring substituents is 2. The zero-order valence-corrected chi connectivity index (χ0v) is 13.7. The minimum absolute atomic E-state index is 0.00439. The summed E-state index contributed by atoms with van der Waals surface area (Å²) in [6.45, 7) is 0. The van der Waals surface area contributed by atoms with E-state index in [2.05, 4.69) is 10.5 Å². The molecule has 0 spiro atoms. The normalized spacial score (nSPS) is 10.7. The van der Waals surface area contributed by atoms with Crippen LogP contribution in [0.3, 0.4) is 0 Å². The molecule has 2 N–H and O–H groups in total. The quantitative estimate of drug-likeness (QED) is 0.448. The van der Waals surface area contributed by atoms with Gasteiger partial charge in [-0.2, -0.15) is 5.10 Å². The van der Waals surface area contributed by atoms with Gasteiger partial charge in [0.2, 0.25) is 11.7 Å². The second kappa shape index (κ2) is 8.03. The molecule has 0 heterocycles. The molecular formula is C15H11ClN4O6. The Balaban J connectivity index is 2.14. The van der Waals surface area contributed by atoms with Crippen LogP contribution in [0.5, 0.6) is 5.75 Å². The van der Waals surface area contributed by atoms with E-state index in [1.54, 1.807) is 24.3 Å². The molecule has 2 aromatic carbocycles. The number of halogens is 1. The maximum Gasteiger partial charge on any atom is 0.318 e. The molecule has 0 aromatic heterocycles. The second-order valence-corrected chi connectivity index (χ2v) is 5.45. The van der Waals surface area contributed by atoms with Crippen molar-refractivity contribution in [3.63, 3.8) is 0 Å². The third kappa shape index (κ3) is 4.74. The van der Waals surface area contributed by atoms with Crippen LogP contribution < -0.4 is 5.43 Å². The molecule has 1 amide bonds. The molecule has 0 atom stereocenters. The number of benzene rings is 2. The number of hydrogen-bond acceptors (Lipinski definition) is 7. The Morgan fingerprint density at radius 1 is 1.19 bits per heavy atom. The van der Waals surface area contributed by atoms with Gasteiger partial charge in [0.25, 0.3) is 5.69 Å². The van der Waals surface area contributed by atoms with Crippen molar-refractivity contribution >= 4 is 35.1 Å². The molecule has 0 bridgehead atoms. The van der Waals surface area contributed by atoms with Crippen LogP contribution in [0.25, 0.3) is 0 Å². The van der Waals surface area contributed by atoms with Crippen molar-refractivity contribution in [2.45, 2.75) is 6.42 Å². The maximum absolute atomic E-state index is 11.8. The Bertz CT molecular complexity index is 898. The Labute approximate surface area is 151 Å². The minimum atomic E-state index is -0.960. The molecule has 0 saturated heterocycles. The lowest BCUT2D eigenvalue weighted by atomic mass is 10.1. The summed E-state index contributed by atoms with van der Waals surface area (Å²) in [5.74, 6) is -1.29. The molecule has 0 aliphatic rings. The van der Waals surface area contributed by atoms with Gasteiger partial charge in [0, 0.05) is 11.1 Å². The van der Waals surface area contributed by atoms with Crippen molar-refractivity contribution in [1.29, 1.82) is 0 Å². The summed E-state index contributed by atoms with van der Waals surface area (Å²) >= 11 is 5.74. The molecule has 0 unspecified atom stereocenters. The number of nitrogens with zero attached hydrogens (tertiary/aromatic N) is 3. The first-order chi connectivity index (χ1) is 12.3. The topological polar surface area (TPSA) is 148 Å². The molecule has 0 fully saturated rings. The number of carbonyl (C=O) groups is 1. The molecule has 2 aromatic rings. The third-order valence-corrected chi connectivity index (χ3v) is 3.43. The van der Waals surface area contributed by atoms with Gasteiger partial charge in [-0.15, -0.1) is 0 Å². The predicted octanol–water partition coefficient (Wildman–Crippen LogP) is 2.55. The van der Waals surface area contributed by atoms with Crippen molar-refractivity contribution in [3.8, 4) is 5.75 Å². The molecule has 2 rings (SSSR count). The van der Waals surface area contributed by atoms with E-state index in [4.69, 9.17) is 11.6 Å². The average Bonchev–Trinajstić information content (AvgIpc) is 2.58. The van der Waals surface area contributed by atoms with Gasteiger partial charge in [-0.25, -0.2) is 5.43 Å². The summed E-state index contributed by atoms with van der Waals surface area (Å²) < 4.78 is 0. The van der Waals surface area contributed by atoms with Crippen LogP contribution in [0.1, 0.15) is 11.1 Å². The fourth-order valence-electron chi connectivity index (χ4n) is 1.97. The van der Waals surface area contributed by atoms with E-state index < -0.39 is 32.9 Å². The summed E-state index contributed by atoms with van der Waals surface area (Å²) in [6, 6.07) is 8.08. The first kappa shape index (κ1) is 18.8. The lowest BCUT2D eigenvalue weighted by Crippen LogP contribution is -2.19. The zero-order chi connectivity index (χ0) is 19.3. The van der Waals surface area contributed by atoms with Gasteiger partial charge in [0.15, 0.2) is 0 Å². The Kier molecular flexibility index (Phi) is 5.81. The van der Waals surface area contributed by atoms with Gasteiger partial charge in [0.1, 0.15) is 0 Å². The van der Waals surface area contributed by atoms with E-state index in [0.29, 0.717) is 16.7 Å². The number of phenolic OH excluding ortho intramolecular Hbond substituents is 1. The van der Waals surface area contributed by atoms with E-state index in [9.17, 15) is 30.1 Å². The first-order valence-electron chi connectivity index (χ1n) is 7.00. The number of rotatable bonds is 6. The highest BCUT2D eigenvalue weighted by molar-refractivity contribution is 6.30. The van der Waals surface area contributed by atoms with Crippen LogP contribution in [0.15, 0.2) is 41.5 Å². The standard InChI is InChI=1S/C15H11ClN4O6/c16-11-3-1-9(2-4-11)5-14(21)18-17-8-10-6-12(19(23)24)7-13(15(10)22)20(25)26/h1-4,6-8,22H,5H2,(H,18,21). The van der Waals surface area contributed by atoms with Crippen LogP contribution in [-0.4, -0.2) is 27.1 Å². The van der Waals surface area contributed by atoms with Crippen molar-refractivity contribution in [2.24, 2.45) is 5.10 Å². The highest BCUT2D eigenvalue weighted by atomic mass is 35.5. The Morgan fingerprint density at radius 3 is 2.42 bits per heavy atom. The van der Waals surface area contributed by atoms with Crippen LogP contribution in [0.2, 0.25) is 5.02 Å². The van der Waals surface area contributed by atoms with Crippen LogP contribution in [0, 0.1) is 20.2 Å². The SMILES string of the molecule is O=C(Cc1ccc(Cl)cc1)NN=Cc1cc([N+](=O)[O-])cc([N+](=O)[O-])c1O. The highest BCUT2D eigenvalue weighted by Gasteiger charge is 2.23. The molecule has 10 nitrogen and oxygen atoms in total. The molecular weight excluding hydrogens is 368 g/mol. The Morgan fingerprint density at radius 2 is 1.85 bits per heavy atom. The van der Waals surface area contributed by atoms with Crippen molar-refractivity contribution in [2.75, 3.05) is 0 Å². The van der Waals surface area contributed by atoms with Crippen molar-refractivity contribution in [1.82, 2.24) is 5.43 Å². The molecule has 134 valence electrons. The summed E-state index contributed by atoms with van der Waals surface area (Å²) in [7, 11) is 0. The van der Waals surface area contributed by atoms with Crippen LogP contribution in [-0.2, 0) is 11.2 Å². The summed E-state index contributed by atoms with van der Waals surface area (Å²) in [5.41, 5.74) is 1.13. The second-order valence-electron chi connectivity index (χ2n) is 5.01. The van der Waals surface area contributed by atoms with Crippen LogP contribution >= 0.6 is 11.6 Å². The number of aromatic hydroxyl groups is 1. The molecule has 26 heavy (non-hydrogen) atoms. The average molecular weight is 379 g/mol. The number of non-ortho nitro benzene ring substituents is 1. The molecule has 0 aliphatic carbocycles. The van der Waals surface area contributed by atoms with Crippen molar-refractivity contribution in [3.05, 3.63) is 72.8 Å². The third-order valence-electron chi connectivity index (χ3n) is 3.18. The molecule has 11 heteroatoms. The number of nitro groups is 2. The molecule has 0 aliphatic heterocycles. The van der Waals surface area contributed by atoms with Gasteiger partial charge < -0.3 is 5.11 Å². The fraction of sp³-hybridized carbons (Fsp3) is 0.0667. The number of carbonyl (C=O) groups excluding carboxylic acids is 1. The molecule has 0 radical (unpaired) electrons. The summed E-state index contributed by atoms with van der Waals surface area (Å²) in [5, 5.41) is 35.6. The van der Waals surface area contributed by atoms with Gasteiger partial charge in [-0.05, 0) is 17.7 Å². The number of hydrazone groups is 1. The van der Waals surface area contributed by atoms with E-state index in [0.717, 1.165) is 12.3 Å². The number of hydrogen-bond donors (Lipinski definition) is 2. The first-order valence-corrected chi connectivity index (χ1v) is 7.38. The number of amides is 1. The van der Waals surface area contributed by atoms with Crippen LogP contribution in [0.4, 0.5) is 11.4 Å². The number of phenols is 1. The fourth-order valence-corrected chi connectivity index (χ4v) is 2.10. The van der Waals surface area contributed by atoms with Gasteiger partial charge in [0.05, 0.1) is 34.1 Å².